The Kier molecular flexibility index (Phi) is 6.74. The minimum absolute atomic E-state index is 0.0647. The van der Waals surface area contributed by atoms with Crippen molar-refractivity contribution in [1.29, 1.82) is 0 Å². The zero-order valence-corrected chi connectivity index (χ0v) is 12.2. The third-order valence-electron chi connectivity index (χ3n) is 3.23. The molecule has 1 unspecified atom stereocenters. The van der Waals surface area contributed by atoms with Crippen molar-refractivity contribution in [1.82, 2.24) is 4.90 Å². The Morgan fingerprint density at radius 3 is 2.68 bits per heavy atom. The first-order valence-corrected chi connectivity index (χ1v) is 8.50. The summed E-state index contributed by atoms with van der Waals surface area (Å²) in [5.41, 5.74) is 0. The number of sulfone groups is 1. The van der Waals surface area contributed by atoms with Gasteiger partial charge in [-0.15, -0.1) is 0 Å². The fourth-order valence-corrected chi connectivity index (χ4v) is 3.92. The van der Waals surface area contributed by atoms with Crippen molar-refractivity contribution in [3.05, 3.63) is 0 Å². The van der Waals surface area contributed by atoms with E-state index in [4.69, 9.17) is 9.84 Å². The van der Waals surface area contributed by atoms with Crippen molar-refractivity contribution in [3.63, 3.8) is 0 Å². The lowest BCUT2D eigenvalue weighted by atomic mass is 10.2. The molecule has 1 saturated heterocycles. The molecule has 1 aliphatic rings. The summed E-state index contributed by atoms with van der Waals surface area (Å²) in [6.07, 6.45) is 2.56. The highest BCUT2D eigenvalue weighted by molar-refractivity contribution is 7.91. The number of aliphatic carboxylic acids is 1. The molecule has 1 heterocycles. The van der Waals surface area contributed by atoms with Crippen LogP contribution in [-0.4, -0.2) is 68.2 Å². The molecular formula is C12H23NO5S. The maximum Gasteiger partial charge on any atom is 0.317 e. The first-order chi connectivity index (χ1) is 8.94. The molecule has 0 aromatic carbocycles. The second-order valence-electron chi connectivity index (χ2n) is 4.89. The number of rotatable bonds is 9. The largest absolute Gasteiger partial charge is 0.480 e. The normalized spacial score (nSPS) is 21.9. The van der Waals surface area contributed by atoms with Crippen LogP contribution in [0.3, 0.4) is 0 Å². The quantitative estimate of drug-likeness (QED) is 0.619. The third kappa shape index (κ3) is 6.35. The van der Waals surface area contributed by atoms with Crippen LogP contribution >= 0.6 is 0 Å². The predicted octanol–water partition coefficient (Wildman–Crippen LogP) is 0.377. The number of ether oxygens (including phenoxy) is 1. The number of carboxylic acid groups (broad SMARTS) is 1. The molecule has 6 nitrogen and oxygen atoms in total. The van der Waals surface area contributed by atoms with E-state index >= 15 is 0 Å². The van der Waals surface area contributed by atoms with Gasteiger partial charge in [-0.3, -0.25) is 9.69 Å². The summed E-state index contributed by atoms with van der Waals surface area (Å²) in [4.78, 5) is 12.5. The first-order valence-electron chi connectivity index (χ1n) is 6.68. The van der Waals surface area contributed by atoms with Crippen LogP contribution in [0.5, 0.6) is 0 Å². The highest BCUT2D eigenvalue weighted by Crippen LogP contribution is 2.17. The SMILES string of the molecule is CCCCOCCN(CC(=O)O)C1CCS(=O)(=O)C1. The van der Waals surface area contributed by atoms with E-state index in [-0.39, 0.29) is 24.1 Å². The number of unbranched alkanes of at least 4 members (excludes halogenated alkanes) is 1. The van der Waals surface area contributed by atoms with E-state index in [0.717, 1.165) is 12.8 Å². The van der Waals surface area contributed by atoms with Gasteiger partial charge in [0.05, 0.1) is 24.7 Å². The van der Waals surface area contributed by atoms with Gasteiger partial charge in [-0.2, -0.15) is 0 Å². The maximum absolute atomic E-state index is 11.4. The van der Waals surface area contributed by atoms with Gasteiger partial charge in [-0.05, 0) is 12.8 Å². The standard InChI is InChI=1S/C12H23NO5S/c1-2-3-6-18-7-5-13(9-12(14)15)11-4-8-19(16,17)10-11/h11H,2-10H2,1H3,(H,14,15). The van der Waals surface area contributed by atoms with E-state index < -0.39 is 15.8 Å². The Morgan fingerprint density at radius 1 is 1.42 bits per heavy atom. The van der Waals surface area contributed by atoms with E-state index in [2.05, 4.69) is 6.92 Å². The first kappa shape index (κ1) is 16.4. The van der Waals surface area contributed by atoms with Gasteiger partial charge in [-0.25, -0.2) is 8.42 Å². The Labute approximate surface area is 114 Å². The van der Waals surface area contributed by atoms with Crippen molar-refractivity contribution in [3.8, 4) is 0 Å². The van der Waals surface area contributed by atoms with Gasteiger partial charge in [0.15, 0.2) is 9.84 Å². The summed E-state index contributed by atoms with van der Waals surface area (Å²) < 4.78 is 28.3. The van der Waals surface area contributed by atoms with Crippen molar-refractivity contribution >= 4 is 15.8 Å². The molecule has 1 atom stereocenters. The predicted molar refractivity (Wildman–Crippen MR) is 72.0 cm³/mol. The van der Waals surface area contributed by atoms with E-state index in [1.165, 1.54) is 0 Å². The molecule has 0 radical (unpaired) electrons. The molecule has 19 heavy (non-hydrogen) atoms. The number of carbonyl (C=O) groups is 1. The number of hydrogen-bond donors (Lipinski definition) is 1. The summed E-state index contributed by atoms with van der Waals surface area (Å²) in [6.45, 7) is 3.53. The van der Waals surface area contributed by atoms with E-state index in [0.29, 0.717) is 26.2 Å². The summed E-state index contributed by atoms with van der Waals surface area (Å²) in [5, 5.41) is 8.88. The van der Waals surface area contributed by atoms with Crippen LogP contribution in [0.1, 0.15) is 26.2 Å². The van der Waals surface area contributed by atoms with Crippen LogP contribution in [-0.2, 0) is 19.4 Å². The lowest BCUT2D eigenvalue weighted by Gasteiger charge is -2.25. The molecule has 1 N–H and O–H groups in total. The van der Waals surface area contributed by atoms with Gasteiger partial charge in [0.25, 0.3) is 0 Å². The second kappa shape index (κ2) is 7.81. The molecule has 0 amide bonds. The van der Waals surface area contributed by atoms with Crippen molar-refractivity contribution in [2.24, 2.45) is 0 Å². The Bertz CT molecular complexity index is 382. The molecular weight excluding hydrogens is 270 g/mol. The lowest BCUT2D eigenvalue weighted by molar-refractivity contribution is -0.139. The van der Waals surface area contributed by atoms with Gasteiger partial charge >= 0.3 is 5.97 Å². The highest BCUT2D eigenvalue weighted by atomic mass is 32.2. The third-order valence-corrected chi connectivity index (χ3v) is 4.98. The van der Waals surface area contributed by atoms with Gasteiger partial charge in [0.2, 0.25) is 0 Å². The highest BCUT2D eigenvalue weighted by Gasteiger charge is 2.32. The molecule has 1 rings (SSSR count). The molecule has 1 aliphatic heterocycles. The number of carboxylic acids is 1. The molecule has 0 aliphatic carbocycles. The molecule has 0 bridgehead atoms. The van der Waals surface area contributed by atoms with Gasteiger partial charge < -0.3 is 9.84 Å². The smallest absolute Gasteiger partial charge is 0.317 e. The summed E-state index contributed by atoms with van der Waals surface area (Å²) >= 11 is 0. The Balaban J connectivity index is 2.41. The molecule has 0 aromatic rings. The average molecular weight is 293 g/mol. The fraction of sp³-hybridized carbons (Fsp3) is 0.917. The molecule has 0 aromatic heterocycles. The molecule has 1 fully saturated rings. The van der Waals surface area contributed by atoms with E-state index in [9.17, 15) is 13.2 Å². The lowest BCUT2D eigenvalue weighted by Crippen LogP contribution is -2.41. The zero-order valence-electron chi connectivity index (χ0n) is 11.4. The Hall–Kier alpha value is -0.660. The minimum atomic E-state index is -2.99. The van der Waals surface area contributed by atoms with Gasteiger partial charge in [0, 0.05) is 19.2 Å². The van der Waals surface area contributed by atoms with Crippen LogP contribution in [0, 0.1) is 0 Å². The number of nitrogens with zero attached hydrogens (tertiary/aromatic N) is 1. The van der Waals surface area contributed by atoms with Crippen molar-refractivity contribution in [2.45, 2.75) is 32.2 Å². The fourth-order valence-electron chi connectivity index (χ4n) is 2.16. The average Bonchev–Trinajstić information content (AvgIpc) is 2.67. The summed E-state index contributed by atoms with van der Waals surface area (Å²) in [6, 6.07) is -0.184. The van der Waals surface area contributed by atoms with E-state index in [1.54, 1.807) is 4.90 Å². The number of hydrogen-bond acceptors (Lipinski definition) is 5. The topological polar surface area (TPSA) is 83.9 Å². The van der Waals surface area contributed by atoms with Gasteiger partial charge in [-0.1, -0.05) is 13.3 Å². The van der Waals surface area contributed by atoms with Gasteiger partial charge in [0.1, 0.15) is 0 Å². The molecule has 0 saturated carbocycles. The van der Waals surface area contributed by atoms with Crippen LogP contribution < -0.4 is 0 Å². The summed E-state index contributed by atoms with van der Waals surface area (Å²) in [7, 11) is -2.99. The van der Waals surface area contributed by atoms with Crippen LogP contribution in [0.4, 0.5) is 0 Å². The van der Waals surface area contributed by atoms with E-state index in [1.807, 2.05) is 0 Å². The molecule has 7 heteroatoms. The summed E-state index contributed by atoms with van der Waals surface area (Å²) in [5.74, 6) is -0.711. The monoisotopic (exact) mass is 293 g/mol. The maximum atomic E-state index is 11.4. The zero-order chi connectivity index (χ0) is 14.3. The van der Waals surface area contributed by atoms with Crippen molar-refractivity contribution < 1.29 is 23.1 Å². The Morgan fingerprint density at radius 2 is 2.16 bits per heavy atom. The second-order valence-corrected chi connectivity index (χ2v) is 7.12. The van der Waals surface area contributed by atoms with Crippen molar-refractivity contribution in [2.75, 3.05) is 37.8 Å². The van der Waals surface area contributed by atoms with Crippen LogP contribution in [0.2, 0.25) is 0 Å². The van der Waals surface area contributed by atoms with Crippen LogP contribution in [0.25, 0.3) is 0 Å². The minimum Gasteiger partial charge on any atom is -0.480 e. The van der Waals surface area contributed by atoms with Crippen LogP contribution in [0.15, 0.2) is 0 Å². The molecule has 0 spiro atoms. The molecule has 112 valence electrons.